The second-order valence-corrected chi connectivity index (χ2v) is 7.65. The third-order valence-corrected chi connectivity index (χ3v) is 5.01. The average molecular weight is 399 g/mol. The van der Waals surface area contributed by atoms with Crippen molar-refractivity contribution >= 4 is 23.4 Å². The molecule has 1 atom stereocenters. The van der Waals surface area contributed by atoms with Gasteiger partial charge in [-0.3, -0.25) is 4.79 Å². The number of carbonyl (C=O) groups excluding carboxylic acids is 1. The fraction of sp³-hybridized carbons (Fsp3) is 0.192. The molecule has 0 fully saturated rings. The largest absolute Gasteiger partial charge is 0.491 e. The number of benzene rings is 3. The van der Waals surface area contributed by atoms with Crippen molar-refractivity contribution in [1.29, 1.82) is 0 Å². The Kier molecular flexibility index (Phi) is 5.84. The van der Waals surface area contributed by atoms with Gasteiger partial charge in [-0.05, 0) is 55.3 Å². The Morgan fingerprint density at radius 3 is 2.60 bits per heavy atom. The summed E-state index contributed by atoms with van der Waals surface area (Å²) in [5.74, 6) is 0.760. The van der Waals surface area contributed by atoms with E-state index >= 15 is 0 Å². The van der Waals surface area contributed by atoms with Crippen LogP contribution in [-0.4, -0.2) is 18.6 Å². The Labute approximate surface area is 177 Å². The Hall–Kier alpha value is -3.53. The number of hydrogen-bond donors (Lipinski definition) is 1. The van der Waals surface area contributed by atoms with Crippen LogP contribution in [0.25, 0.3) is 6.08 Å². The van der Waals surface area contributed by atoms with Gasteiger partial charge in [0.1, 0.15) is 5.75 Å². The maximum Gasteiger partial charge on any atom is 0.251 e. The minimum Gasteiger partial charge on any atom is -0.491 e. The van der Waals surface area contributed by atoms with E-state index in [-0.39, 0.29) is 18.1 Å². The minimum atomic E-state index is -0.0416. The first-order valence-corrected chi connectivity index (χ1v) is 10.3. The van der Waals surface area contributed by atoms with Crippen LogP contribution in [0.2, 0.25) is 0 Å². The van der Waals surface area contributed by atoms with Crippen molar-refractivity contribution in [2.75, 3.05) is 16.8 Å². The normalized spacial score (nSPS) is 15.7. The molecule has 0 bridgehead atoms. The molecule has 0 aromatic heterocycles. The van der Waals surface area contributed by atoms with Crippen molar-refractivity contribution in [3.8, 4) is 5.75 Å². The number of fused-ring (bicyclic) bond motifs is 1. The minimum absolute atomic E-state index is 0.0416. The molecule has 152 valence electrons. The lowest BCUT2D eigenvalue weighted by Gasteiger charge is -2.35. The zero-order chi connectivity index (χ0) is 20.9. The van der Waals surface area contributed by atoms with Crippen LogP contribution in [0, 0.1) is 0 Å². The van der Waals surface area contributed by atoms with Crippen LogP contribution in [0.1, 0.15) is 31.0 Å². The van der Waals surface area contributed by atoms with Crippen LogP contribution in [0.4, 0.5) is 11.4 Å². The second-order valence-electron chi connectivity index (χ2n) is 7.65. The molecule has 4 nitrogen and oxygen atoms in total. The average Bonchev–Trinajstić information content (AvgIpc) is 2.77. The molecule has 1 amide bonds. The van der Waals surface area contributed by atoms with Gasteiger partial charge >= 0.3 is 0 Å². The third-order valence-electron chi connectivity index (χ3n) is 5.01. The highest BCUT2D eigenvalue weighted by Gasteiger charge is 2.27. The van der Waals surface area contributed by atoms with E-state index in [1.807, 2.05) is 91.6 Å². The summed E-state index contributed by atoms with van der Waals surface area (Å²) < 4.78 is 5.75. The van der Waals surface area contributed by atoms with E-state index in [1.165, 1.54) is 0 Å². The van der Waals surface area contributed by atoms with Gasteiger partial charge in [-0.1, -0.05) is 54.6 Å². The van der Waals surface area contributed by atoms with Gasteiger partial charge < -0.3 is 15.0 Å². The van der Waals surface area contributed by atoms with E-state index in [0.717, 1.165) is 28.3 Å². The molecular weight excluding hydrogens is 372 g/mol. The van der Waals surface area contributed by atoms with Crippen LogP contribution >= 0.6 is 0 Å². The van der Waals surface area contributed by atoms with Gasteiger partial charge in [-0.15, -0.1) is 0 Å². The van der Waals surface area contributed by atoms with Crippen molar-refractivity contribution in [3.63, 3.8) is 0 Å². The fourth-order valence-electron chi connectivity index (χ4n) is 3.65. The first-order chi connectivity index (χ1) is 14.6. The van der Waals surface area contributed by atoms with Crippen LogP contribution in [0.3, 0.4) is 0 Å². The highest BCUT2D eigenvalue weighted by molar-refractivity contribution is 6.06. The Balaban J connectivity index is 1.57. The van der Waals surface area contributed by atoms with Gasteiger partial charge in [-0.25, -0.2) is 0 Å². The molecule has 4 rings (SSSR count). The monoisotopic (exact) mass is 398 g/mol. The van der Waals surface area contributed by atoms with Crippen molar-refractivity contribution in [3.05, 3.63) is 96.1 Å². The molecule has 1 heterocycles. The van der Waals surface area contributed by atoms with Gasteiger partial charge in [0.05, 0.1) is 30.1 Å². The summed E-state index contributed by atoms with van der Waals surface area (Å²) in [5, 5.41) is 3.56. The van der Waals surface area contributed by atoms with Gasteiger partial charge in [0.2, 0.25) is 0 Å². The first-order valence-electron chi connectivity index (χ1n) is 10.3. The van der Waals surface area contributed by atoms with Gasteiger partial charge in [0, 0.05) is 6.08 Å². The van der Waals surface area contributed by atoms with E-state index in [2.05, 4.69) is 17.4 Å². The predicted molar refractivity (Wildman–Crippen MR) is 123 cm³/mol. The molecule has 3 aromatic carbocycles. The number of anilines is 2. The molecule has 3 aromatic rings. The smallest absolute Gasteiger partial charge is 0.251 e. The van der Waals surface area contributed by atoms with E-state index in [0.29, 0.717) is 6.54 Å². The molecular formula is C26H26N2O2. The molecule has 0 saturated heterocycles. The molecule has 30 heavy (non-hydrogen) atoms. The highest BCUT2D eigenvalue weighted by Crippen LogP contribution is 2.35. The topological polar surface area (TPSA) is 41.6 Å². The third kappa shape index (κ3) is 4.54. The zero-order valence-electron chi connectivity index (χ0n) is 17.3. The molecule has 0 spiro atoms. The maximum absolute atomic E-state index is 13.2. The lowest BCUT2D eigenvalue weighted by molar-refractivity contribution is -0.114. The summed E-state index contributed by atoms with van der Waals surface area (Å²) in [6.45, 7) is 4.56. The van der Waals surface area contributed by atoms with Crippen LogP contribution in [-0.2, 0) is 4.79 Å². The highest BCUT2D eigenvalue weighted by atomic mass is 16.5. The van der Waals surface area contributed by atoms with Gasteiger partial charge in [0.25, 0.3) is 5.91 Å². The summed E-state index contributed by atoms with van der Waals surface area (Å²) in [6.07, 6.45) is 3.59. The molecule has 1 unspecified atom stereocenters. The van der Waals surface area contributed by atoms with Gasteiger partial charge in [0.15, 0.2) is 0 Å². The van der Waals surface area contributed by atoms with Gasteiger partial charge in [-0.2, -0.15) is 0 Å². The number of hydrogen-bond acceptors (Lipinski definition) is 3. The zero-order valence-corrected chi connectivity index (χ0v) is 17.3. The Morgan fingerprint density at radius 2 is 1.80 bits per heavy atom. The second kappa shape index (κ2) is 8.87. The fourth-order valence-corrected chi connectivity index (χ4v) is 3.65. The number of amides is 1. The molecule has 0 aliphatic carbocycles. The predicted octanol–water partition coefficient (Wildman–Crippen LogP) is 5.69. The quantitative estimate of drug-likeness (QED) is 0.562. The molecule has 4 heteroatoms. The van der Waals surface area contributed by atoms with E-state index in [1.54, 1.807) is 6.08 Å². The lowest BCUT2D eigenvalue weighted by atomic mass is 10.0. The molecule has 1 aliphatic heterocycles. The first kappa shape index (κ1) is 19.8. The maximum atomic E-state index is 13.2. The molecule has 1 aliphatic rings. The molecule has 0 saturated carbocycles. The van der Waals surface area contributed by atoms with Crippen LogP contribution < -0.4 is 15.0 Å². The van der Waals surface area contributed by atoms with Crippen molar-refractivity contribution in [2.45, 2.75) is 26.0 Å². The summed E-state index contributed by atoms with van der Waals surface area (Å²) in [6, 6.07) is 26.0. The summed E-state index contributed by atoms with van der Waals surface area (Å²) >= 11 is 0. The van der Waals surface area contributed by atoms with Crippen molar-refractivity contribution < 1.29 is 9.53 Å². The lowest BCUT2D eigenvalue weighted by Crippen LogP contribution is -2.39. The molecule has 0 radical (unpaired) electrons. The number of rotatable bonds is 5. The van der Waals surface area contributed by atoms with Crippen LogP contribution in [0.5, 0.6) is 5.75 Å². The van der Waals surface area contributed by atoms with Crippen molar-refractivity contribution in [2.24, 2.45) is 0 Å². The van der Waals surface area contributed by atoms with Crippen LogP contribution in [0.15, 0.2) is 84.9 Å². The molecule has 1 N–H and O–H groups in total. The summed E-state index contributed by atoms with van der Waals surface area (Å²) in [4.78, 5) is 15.0. The number of nitrogens with one attached hydrogen (secondary N) is 1. The van der Waals surface area contributed by atoms with E-state index < -0.39 is 0 Å². The van der Waals surface area contributed by atoms with E-state index in [4.69, 9.17) is 4.74 Å². The Morgan fingerprint density at radius 1 is 1.03 bits per heavy atom. The number of ether oxygens (including phenoxy) is 1. The van der Waals surface area contributed by atoms with Crippen molar-refractivity contribution in [1.82, 2.24) is 0 Å². The number of carbonyl (C=O) groups is 1. The standard InChI is InChI=1S/C26H26N2O2/c1-19(2)30-22-12-8-9-20(17-22)15-16-26(29)28-18-24(21-10-4-3-5-11-21)27-23-13-6-7-14-25(23)28/h3-17,19,24,27H,18H2,1-2H3/b16-15+. The number of nitrogens with zero attached hydrogens (tertiary/aromatic N) is 1. The number of para-hydroxylation sites is 2. The summed E-state index contributed by atoms with van der Waals surface area (Å²) in [5.41, 5.74) is 3.96. The van der Waals surface area contributed by atoms with E-state index in [9.17, 15) is 4.79 Å². The summed E-state index contributed by atoms with van der Waals surface area (Å²) in [7, 11) is 0. The SMILES string of the molecule is CC(C)Oc1cccc(/C=C/C(=O)N2CC(c3ccccc3)Nc3ccccc32)c1. The Bertz CT molecular complexity index is 1040.